The molecule has 0 saturated carbocycles. The summed E-state index contributed by atoms with van der Waals surface area (Å²) in [4.78, 5) is 0. The SMILES string of the molecule is CC1=C(C)C(C)C([SiH2]c2cccc(-c3cccc(C(C)(C)C)c3)c2-c2cccc(C(C)(C)C)c2)=C1C. The van der Waals surface area contributed by atoms with Crippen molar-refractivity contribution in [2.75, 3.05) is 0 Å². The van der Waals surface area contributed by atoms with Gasteiger partial charge in [-0.2, -0.15) is 0 Å². The predicted octanol–water partition coefficient (Wildman–Crippen LogP) is 8.67. The third-order valence-corrected chi connectivity index (χ3v) is 10.9. The van der Waals surface area contributed by atoms with Crippen LogP contribution in [0.4, 0.5) is 0 Å². The van der Waals surface area contributed by atoms with Crippen molar-refractivity contribution in [3.63, 3.8) is 0 Å². The maximum atomic E-state index is 2.44. The summed E-state index contributed by atoms with van der Waals surface area (Å²) in [7, 11) is -0.638. The molecule has 3 aromatic rings. The summed E-state index contributed by atoms with van der Waals surface area (Å²) in [5, 5.41) is 3.27. The summed E-state index contributed by atoms with van der Waals surface area (Å²) in [5.74, 6) is 0.568. The minimum Gasteiger partial charge on any atom is -0.0727 e. The molecule has 1 heteroatoms. The van der Waals surface area contributed by atoms with Crippen LogP contribution in [-0.2, 0) is 10.8 Å². The Labute approximate surface area is 222 Å². The summed E-state index contributed by atoms with van der Waals surface area (Å²) >= 11 is 0. The lowest BCUT2D eigenvalue weighted by atomic mass is 9.83. The first-order valence-electron chi connectivity index (χ1n) is 13.5. The fourth-order valence-corrected chi connectivity index (χ4v) is 7.94. The second-order valence-corrected chi connectivity index (χ2v) is 14.7. The zero-order valence-electron chi connectivity index (χ0n) is 24.1. The van der Waals surface area contributed by atoms with Gasteiger partial charge >= 0.3 is 0 Å². The van der Waals surface area contributed by atoms with Crippen molar-refractivity contribution in [2.45, 2.75) is 80.1 Å². The van der Waals surface area contributed by atoms with Gasteiger partial charge in [-0.15, -0.1) is 0 Å². The molecule has 0 bridgehead atoms. The van der Waals surface area contributed by atoms with E-state index in [0.717, 1.165) is 0 Å². The molecule has 1 unspecified atom stereocenters. The molecule has 3 aromatic carbocycles. The first-order valence-corrected chi connectivity index (χ1v) is 14.9. The predicted molar refractivity (Wildman–Crippen MR) is 163 cm³/mol. The zero-order chi connectivity index (χ0) is 26.4. The van der Waals surface area contributed by atoms with E-state index in [4.69, 9.17) is 0 Å². The van der Waals surface area contributed by atoms with E-state index in [9.17, 15) is 0 Å². The third kappa shape index (κ3) is 5.09. The minimum absolute atomic E-state index is 0.117. The second kappa shape index (κ2) is 9.67. The third-order valence-electron chi connectivity index (χ3n) is 8.40. The fourth-order valence-electron chi connectivity index (χ4n) is 5.56. The van der Waals surface area contributed by atoms with Crippen LogP contribution in [0.3, 0.4) is 0 Å². The summed E-state index contributed by atoms with van der Waals surface area (Å²) in [5.41, 5.74) is 13.1. The number of hydrogen-bond acceptors (Lipinski definition) is 0. The standard InChI is InChI=1S/C35H44Si/c1-22-23(2)25(4)33(24(22)3)36-31-19-13-18-30(26-14-11-16-28(20-26)34(5,6)7)32(31)27-15-12-17-29(21-27)35(8,9)10/h11-21,24H,36H2,1-10H3. The van der Waals surface area contributed by atoms with Crippen LogP contribution in [0.1, 0.15) is 80.4 Å². The molecule has 1 aliphatic rings. The molecule has 0 aliphatic heterocycles. The van der Waals surface area contributed by atoms with Gasteiger partial charge in [0.2, 0.25) is 0 Å². The van der Waals surface area contributed by atoms with Crippen LogP contribution < -0.4 is 5.19 Å². The van der Waals surface area contributed by atoms with Gasteiger partial charge in [-0.1, -0.05) is 137 Å². The van der Waals surface area contributed by atoms with Crippen LogP contribution in [0.2, 0.25) is 0 Å². The molecule has 0 amide bonds. The van der Waals surface area contributed by atoms with Crippen LogP contribution in [0.15, 0.2) is 88.6 Å². The average Bonchev–Trinajstić information content (AvgIpc) is 3.01. The largest absolute Gasteiger partial charge is 0.0843 e. The van der Waals surface area contributed by atoms with Gasteiger partial charge in [-0.05, 0) is 76.5 Å². The number of allylic oxidation sites excluding steroid dienone is 4. The monoisotopic (exact) mass is 492 g/mol. The summed E-state index contributed by atoms with van der Waals surface area (Å²) in [6, 6.07) is 25.6. The molecular formula is C35H44Si. The molecule has 0 fully saturated rings. The van der Waals surface area contributed by atoms with Crippen LogP contribution in [0, 0.1) is 5.92 Å². The fraction of sp³-hybridized carbons (Fsp3) is 0.371. The lowest BCUT2D eigenvalue weighted by molar-refractivity contribution is 0.590. The molecule has 0 saturated heterocycles. The number of hydrogen-bond donors (Lipinski definition) is 0. The van der Waals surface area contributed by atoms with Gasteiger partial charge in [-0.25, -0.2) is 0 Å². The van der Waals surface area contributed by atoms with E-state index in [2.05, 4.69) is 136 Å². The van der Waals surface area contributed by atoms with Gasteiger partial charge < -0.3 is 0 Å². The Hall–Kier alpha value is -2.64. The normalized spacial score (nSPS) is 17.1. The molecule has 0 aromatic heterocycles. The van der Waals surface area contributed by atoms with E-state index in [1.165, 1.54) is 39.0 Å². The Morgan fingerprint density at radius 1 is 0.639 bits per heavy atom. The summed E-state index contributed by atoms with van der Waals surface area (Å²) < 4.78 is 0. The Morgan fingerprint density at radius 2 is 1.17 bits per heavy atom. The van der Waals surface area contributed by atoms with E-state index in [1.807, 2.05) is 0 Å². The molecule has 0 spiro atoms. The smallest absolute Gasteiger partial charge is 0.0727 e. The van der Waals surface area contributed by atoms with Gasteiger partial charge in [0.1, 0.15) is 0 Å². The molecular weight excluding hydrogens is 448 g/mol. The van der Waals surface area contributed by atoms with Crippen molar-refractivity contribution in [2.24, 2.45) is 5.92 Å². The quantitative estimate of drug-likeness (QED) is 0.320. The van der Waals surface area contributed by atoms with E-state index < -0.39 is 9.52 Å². The molecule has 0 radical (unpaired) electrons. The topological polar surface area (TPSA) is 0 Å². The van der Waals surface area contributed by atoms with Gasteiger partial charge in [0, 0.05) is 0 Å². The molecule has 0 N–H and O–H groups in total. The van der Waals surface area contributed by atoms with Gasteiger partial charge in [0.05, 0.1) is 9.52 Å². The van der Waals surface area contributed by atoms with Gasteiger partial charge in [0.15, 0.2) is 0 Å². The second-order valence-electron chi connectivity index (χ2n) is 12.9. The summed E-state index contributed by atoms with van der Waals surface area (Å²) in [6.45, 7) is 23.2. The van der Waals surface area contributed by atoms with Gasteiger partial charge in [0.25, 0.3) is 0 Å². The highest BCUT2D eigenvalue weighted by atomic mass is 28.2. The Morgan fingerprint density at radius 3 is 1.69 bits per heavy atom. The van der Waals surface area contributed by atoms with Crippen LogP contribution >= 0.6 is 0 Å². The maximum absolute atomic E-state index is 2.44. The molecule has 36 heavy (non-hydrogen) atoms. The average molecular weight is 493 g/mol. The lowest BCUT2D eigenvalue weighted by Crippen LogP contribution is -2.23. The van der Waals surface area contributed by atoms with Crippen LogP contribution in [0.25, 0.3) is 22.3 Å². The first-order chi connectivity index (χ1) is 16.8. The van der Waals surface area contributed by atoms with Gasteiger partial charge in [-0.3, -0.25) is 0 Å². The molecule has 0 heterocycles. The maximum Gasteiger partial charge on any atom is 0.0843 e. The Bertz CT molecular complexity index is 1350. The number of benzene rings is 3. The van der Waals surface area contributed by atoms with Crippen molar-refractivity contribution in [3.8, 4) is 22.3 Å². The minimum atomic E-state index is -0.638. The van der Waals surface area contributed by atoms with Crippen LogP contribution in [-0.4, -0.2) is 9.52 Å². The van der Waals surface area contributed by atoms with E-state index in [0.29, 0.717) is 5.92 Å². The molecule has 0 nitrogen and oxygen atoms in total. The van der Waals surface area contributed by atoms with Crippen LogP contribution in [0.5, 0.6) is 0 Å². The highest BCUT2D eigenvalue weighted by molar-refractivity contribution is 6.63. The van der Waals surface area contributed by atoms with Crippen molar-refractivity contribution >= 4 is 14.7 Å². The highest BCUT2D eigenvalue weighted by Gasteiger charge is 2.26. The Balaban J connectivity index is 1.95. The van der Waals surface area contributed by atoms with Crippen molar-refractivity contribution in [1.82, 2.24) is 0 Å². The lowest BCUT2D eigenvalue weighted by Gasteiger charge is -2.24. The molecule has 1 aliphatic carbocycles. The van der Waals surface area contributed by atoms with Crippen molar-refractivity contribution in [3.05, 3.63) is 99.8 Å². The van der Waals surface area contributed by atoms with Crippen molar-refractivity contribution in [1.29, 1.82) is 0 Å². The van der Waals surface area contributed by atoms with E-state index in [-0.39, 0.29) is 10.8 Å². The molecule has 1 atom stereocenters. The van der Waals surface area contributed by atoms with Crippen molar-refractivity contribution < 1.29 is 0 Å². The van der Waals surface area contributed by atoms with E-state index >= 15 is 0 Å². The first kappa shape index (κ1) is 26.4. The number of rotatable bonds is 4. The highest BCUT2D eigenvalue weighted by Crippen LogP contribution is 2.38. The Kier molecular flexibility index (Phi) is 7.10. The zero-order valence-corrected chi connectivity index (χ0v) is 25.5. The van der Waals surface area contributed by atoms with E-state index in [1.54, 1.807) is 21.5 Å². The molecule has 188 valence electrons. The summed E-state index contributed by atoms with van der Waals surface area (Å²) in [6.07, 6.45) is 0. The molecule has 4 rings (SSSR count).